The van der Waals surface area contributed by atoms with E-state index in [1.165, 1.54) is 12.3 Å². The number of hydrogen-bond donors (Lipinski definition) is 2. The Morgan fingerprint density at radius 3 is 2.69 bits per heavy atom. The van der Waals surface area contributed by atoms with E-state index in [-0.39, 0.29) is 23.3 Å². The Labute approximate surface area is 199 Å². The van der Waals surface area contributed by atoms with E-state index in [9.17, 15) is 18.0 Å². The van der Waals surface area contributed by atoms with Crippen molar-refractivity contribution < 1.29 is 22.7 Å². The molecular formula is C24H25F3N6O2. The van der Waals surface area contributed by atoms with Gasteiger partial charge in [-0.15, -0.1) is 13.2 Å². The van der Waals surface area contributed by atoms with Crippen molar-refractivity contribution in [3.05, 3.63) is 59.9 Å². The lowest BCUT2D eigenvalue weighted by molar-refractivity contribution is -0.274. The van der Waals surface area contributed by atoms with Gasteiger partial charge in [-0.05, 0) is 37.5 Å². The zero-order valence-corrected chi connectivity index (χ0v) is 19.0. The number of benzene rings is 1. The van der Waals surface area contributed by atoms with Crippen molar-refractivity contribution in [2.24, 2.45) is 0 Å². The fourth-order valence-corrected chi connectivity index (χ4v) is 4.97. The number of nitrogens with one attached hydrogen (secondary N) is 1. The minimum Gasteiger partial charge on any atom is -0.402 e. The molecule has 0 radical (unpaired) electrons. The maximum Gasteiger partial charge on any atom is 0.573 e. The number of pyridine rings is 1. The first kappa shape index (κ1) is 23.0. The number of fused-ring (bicyclic) bond motifs is 2. The molecule has 2 amide bonds. The Bertz CT molecular complexity index is 1250. The van der Waals surface area contributed by atoms with Gasteiger partial charge in [0.2, 0.25) is 0 Å². The molecule has 8 nitrogen and oxygen atoms in total. The molecule has 1 spiro atoms. The van der Waals surface area contributed by atoms with Gasteiger partial charge in [-0.3, -0.25) is 4.68 Å². The number of halogens is 3. The Kier molecular flexibility index (Phi) is 5.57. The van der Waals surface area contributed by atoms with Crippen molar-refractivity contribution in [2.75, 3.05) is 18.8 Å². The topological polar surface area (TPSA) is 98.3 Å². The summed E-state index contributed by atoms with van der Waals surface area (Å²) >= 11 is 0. The standard InChI is InChI=1S/C24H25F3N6O2/c1-15(16-5-3-2-4-6-16)30-22(34)32-9-7-23(14-32)8-10-33-20(23)12-18(31-33)17-11-19(21(28)29-13-17)35-24(25,26)27/h2-6,11-13,15H,7-10,14H2,1H3,(H2,28,29)(H,30,34). The molecule has 0 bridgehead atoms. The SMILES string of the molecule is CC(NC(=O)N1CCC2(CCn3nc(-c4cnc(N)c(OC(F)(F)F)c4)cc32)C1)c1ccccc1. The highest BCUT2D eigenvalue weighted by atomic mass is 19.4. The number of carbonyl (C=O) groups is 1. The van der Waals surface area contributed by atoms with Gasteiger partial charge < -0.3 is 20.7 Å². The van der Waals surface area contributed by atoms with Crippen LogP contribution in [0.4, 0.5) is 23.8 Å². The Morgan fingerprint density at radius 2 is 1.94 bits per heavy atom. The highest BCUT2D eigenvalue weighted by Crippen LogP contribution is 2.44. The first-order valence-corrected chi connectivity index (χ1v) is 11.3. The third-order valence-corrected chi connectivity index (χ3v) is 6.81. The maximum atomic E-state index is 13.0. The minimum absolute atomic E-state index is 0.118. The Balaban J connectivity index is 1.32. The van der Waals surface area contributed by atoms with Crippen LogP contribution in [0.2, 0.25) is 0 Å². The molecule has 2 atom stereocenters. The molecule has 2 unspecified atom stereocenters. The summed E-state index contributed by atoms with van der Waals surface area (Å²) in [7, 11) is 0. The molecule has 4 heterocycles. The third-order valence-electron chi connectivity index (χ3n) is 6.81. The number of likely N-dealkylation sites (tertiary alicyclic amines) is 1. The molecule has 5 rings (SSSR count). The number of nitrogen functional groups attached to an aromatic ring is 1. The molecule has 3 aromatic rings. The number of nitrogens with two attached hydrogens (primary N) is 1. The largest absolute Gasteiger partial charge is 0.573 e. The van der Waals surface area contributed by atoms with Gasteiger partial charge in [-0.2, -0.15) is 5.10 Å². The molecule has 35 heavy (non-hydrogen) atoms. The second-order valence-electron chi connectivity index (χ2n) is 9.08. The molecule has 1 saturated heterocycles. The summed E-state index contributed by atoms with van der Waals surface area (Å²) in [5.74, 6) is -0.911. The van der Waals surface area contributed by atoms with E-state index in [2.05, 4.69) is 20.1 Å². The van der Waals surface area contributed by atoms with Gasteiger partial charge in [0.15, 0.2) is 11.6 Å². The normalized spacial score (nSPS) is 20.2. The summed E-state index contributed by atoms with van der Waals surface area (Å²) in [6.07, 6.45) is -1.87. The fraction of sp³-hybridized carbons (Fsp3) is 0.375. The van der Waals surface area contributed by atoms with Gasteiger partial charge in [0, 0.05) is 42.5 Å². The van der Waals surface area contributed by atoms with E-state index in [4.69, 9.17) is 5.73 Å². The molecule has 0 aliphatic carbocycles. The molecule has 3 N–H and O–H groups in total. The number of carbonyl (C=O) groups excluding carboxylic acids is 1. The quantitative estimate of drug-likeness (QED) is 0.575. The number of hydrogen-bond acceptors (Lipinski definition) is 5. The van der Waals surface area contributed by atoms with Crippen LogP contribution in [0.1, 0.15) is 37.1 Å². The lowest BCUT2D eigenvalue weighted by atomic mass is 9.82. The predicted octanol–water partition coefficient (Wildman–Crippen LogP) is 4.24. The number of alkyl halides is 3. The highest BCUT2D eigenvalue weighted by Gasteiger charge is 2.47. The molecule has 2 aliphatic rings. The number of ether oxygens (including phenoxy) is 1. The van der Waals surface area contributed by atoms with Crippen molar-refractivity contribution in [2.45, 2.75) is 44.1 Å². The van der Waals surface area contributed by atoms with Crippen LogP contribution >= 0.6 is 0 Å². The van der Waals surface area contributed by atoms with Crippen LogP contribution < -0.4 is 15.8 Å². The second kappa shape index (κ2) is 8.47. The zero-order valence-electron chi connectivity index (χ0n) is 19.0. The average Bonchev–Trinajstić information content (AvgIpc) is 3.52. The number of aromatic nitrogens is 3. The smallest absolute Gasteiger partial charge is 0.402 e. The Morgan fingerprint density at radius 1 is 1.20 bits per heavy atom. The number of amides is 2. The van der Waals surface area contributed by atoms with Crippen LogP contribution in [0, 0.1) is 0 Å². The summed E-state index contributed by atoms with van der Waals surface area (Å²) in [6.45, 7) is 3.78. The maximum absolute atomic E-state index is 13.0. The number of urea groups is 1. The summed E-state index contributed by atoms with van der Waals surface area (Å²) in [5.41, 5.74) is 8.17. The van der Waals surface area contributed by atoms with Gasteiger partial charge in [0.05, 0.1) is 11.7 Å². The highest BCUT2D eigenvalue weighted by molar-refractivity contribution is 5.75. The Hall–Kier alpha value is -3.76. The molecule has 11 heteroatoms. The number of anilines is 1. The van der Waals surface area contributed by atoms with Crippen molar-refractivity contribution >= 4 is 11.8 Å². The van der Waals surface area contributed by atoms with E-state index < -0.39 is 12.1 Å². The zero-order chi connectivity index (χ0) is 24.8. The van der Waals surface area contributed by atoms with E-state index in [0.29, 0.717) is 30.9 Å². The second-order valence-corrected chi connectivity index (χ2v) is 9.08. The number of nitrogens with zero attached hydrogens (tertiary/aromatic N) is 4. The lowest BCUT2D eigenvalue weighted by Gasteiger charge is -2.25. The van der Waals surface area contributed by atoms with Crippen LogP contribution in [0.3, 0.4) is 0 Å². The molecule has 1 aromatic carbocycles. The van der Waals surface area contributed by atoms with Crippen molar-refractivity contribution in [3.63, 3.8) is 0 Å². The summed E-state index contributed by atoms with van der Waals surface area (Å²) < 4.78 is 44.0. The van der Waals surface area contributed by atoms with Crippen molar-refractivity contribution in [1.29, 1.82) is 0 Å². The molecule has 184 valence electrons. The lowest BCUT2D eigenvalue weighted by Crippen LogP contribution is -2.41. The average molecular weight is 486 g/mol. The van der Waals surface area contributed by atoms with E-state index in [1.807, 2.05) is 52.9 Å². The molecule has 2 aromatic heterocycles. The number of aryl methyl sites for hydroxylation is 1. The van der Waals surface area contributed by atoms with E-state index >= 15 is 0 Å². The van der Waals surface area contributed by atoms with Crippen LogP contribution in [0.25, 0.3) is 11.3 Å². The van der Waals surface area contributed by atoms with Crippen LogP contribution in [-0.4, -0.2) is 45.1 Å². The van der Waals surface area contributed by atoms with Crippen molar-refractivity contribution in [1.82, 2.24) is 25.0 Å². The molecule has 1 fully saturated rings. The predicted molar refractivity (Wildman–Crippen MR) is 122 cm³/mol. The van der Waals surface area contributed by atoms with E-state index in [0.717, 1.165) is 24.1 Å². The van der Waals surface area contributed by atoms with Crippen LogP contribution in [-0.2, 0) is 12.0 Å². The van der Waals surface area contributed by atoms with Gasteiger partial charge >= 0.3 is 12.4 Å². The van der Waals surface area contributed by atoms with Crippen molar-refractivity contribution in [3.8, 4) is 17.0 Å². The van der Waals surface area contributed by atoms with Crippen LogP contribution in [0.15, 0.2) is 48.7 Å². The molecule has 2 aliphatic heterocycles. The fourth-order valence-electron chi connectivity index (χ4n) is 4.97. The summed E-state index contributed by atoms with van der Waals surface area (Å²) in [6, 6.07) is 12.6. The van der Waals surface area contributed by atoms with Gasteiger partial charge in [0.25, 0.3) is 0 Å². The van der Waals surface area contributed by atoms with Crippen LogP contribution in [0.5, 0.6) is 5.75 Å². The molecule has 0 saturated carbocycles. The van der Waals surface area contributed by atoms with Gasteiger partial charge in [-0.1, -0.05) is 30.3 Å². The third kappa shape index (κ3) is 4.50. The molecular weight excluding hydrogens is 461 g/mol. The monoisotopic (exact) mass is 486 g/mol. The number of rotatable bonds is 4. The first-order valence-electron chi connectivity index (χ1n) is 11.3. The summed E-state index contributed by atoms with van der Waals surface area (Å²) in [4.78, 5) is 18.6. The minimum atomic E-state index is -4.87. The van der Waals surface area contributed by atoms with E-state index in [1.54, 1.807) is 0 Å². The summed E-state index contributed by atoms with van der Waals surface area (Å²) in [5, 5.41) is 7.65. The van der Waals surface area contributed by atoms with Gasteiger partial charge in [0.1, 0.15) is 0 Å². The van der Waals surface area contributed by atoms with Gasteiger partial charge in [-0.25, -0.2) is 9.78 Å². The first-order chi connectivity index (χ1) is 16.6.